The summed E-state index contributed by atoms with van der Waals surface area (Å²) in [5.41, 5.74) is 0. The van der Waals surface area contributed by atoms with Gasteiger partial charge in [0, 0.05) is 0 Å². The summed E-state index contributed by atoms with van der Waals surface area (Å²) < 4.78 is 0. The lowest BCUT2D eigenvalue weighted by molar-refractivity contribution is 0.226. The van der Waals surface area contributed by atoms with E-state index in [1.165, 1.54) is 122 Å². The van der Waals surface area contributed by atoms with Crippen molar-refractivity contribution < 1.29 is 0 Å². The smallest absolute Gasteiger partial charge is 0.0898 e. The van der Waals surface area contributed by atoms with E-state index < -0.39 is 0 Å². The van der Waals surface area contributed by atoms with Crippen LogP contribution in [-0.4, -0.2) is 36.2 Å². The van der Waals surface area contributed by atoms with E-state index in [0.29, 0.717) is 24.2 Å². The second-order valence-electron chi connectivity index (χ2n) is 10.9. The number of nitrogens with zero attached hydrogens (tertiary/aromatic N) is 4. The zero-order valence-electron chi connectivity index (χ0n) is 19.7. The normalized spacial score (nSPS) is 33.0. The third-order valence-electron chi connectivity index (χ3n) is 8.41. The summed E-state index contributed by atoms with van der Waals surface area (Å²) in [5.74, 6) is 1.83. The standard InChI is InChI=1S/C27H44N4/c1-3-7-24(8-4-1)28-20-30-26-15-11-22(12-16-26)19-23-13-17-27(18-14-23)31-21-29-25-9-5-2-6-10-25/h22-27H,1-19H2. The molecule has 0 atom stereocenters. The summed E-state index contributed by atoms with van der Waals surface area (Å²) in [6, 6.07) is 8.16. The number of hydrogen-bond donors (Lipinski definition) is 0. The van der Waals surface area contributed by atoms with Gasteiger partial charge in [-0.15, -0.1) is 0 Å². The third-order valence-corrected chi connectivity index (χ3v) is 8.41. The molecule has 0 aromatic heterocycles. The zero-order chi connectivity index (χ0) is 21.1. The highest BCUT2D eigenvalue weighted by Gasteiger charge is 2.26. The fraction of sp³-hybridized carbons (Fsp3) is 0.926. The van der Waals surface area contributed by atoms with Crippen LogP contribution in [-0.2, 0) is 0 Å². The summed E-state index contributed by atoms with van der Waals surface area (Å²) in [5, 5.41) is 0. The lowest BCUT2D eigenvalue weighted by atomic mass is 9.76. The van der Waals surface area contributed by atoms with Crippen LogP contribution in [0.15, 0.2) is 20.0 Å². The molecule has 0 heterocycles. The summed E-state index contributed by atoms with van der Waals surface area (Å²) in [7, 11) is 0. The Hall–Kier alpha value is -1.24. The molecule has 31 heavy (non-hydrogen) atoms. The highest BCUT2D eigenvalue weighted by atomic mass is 14.9. The summed E-state index contributed by atoms with van der Waals surface area (Å²) in [4.78, 5) is 18.6. The highest BCUT2D eigenvalue weighted by molar-refractivity contribution is 5.42. The summed E-state index contributed by atoms with van der Waals surface area (Å²) in [6.07, 6.45) is 24.9. The van der Waals surface area contributed by atoms with Crippen molar-refractivity contribution in [1.29, 1.82) is 0 Å². The maximum Gasteiger partial charge on any atom is 0.0898 e. The van der Waals surface area contributed by atoms with E-state index >= 15 is 0 Å². The van der Waals surface area contributed by atoms with Gasteiger partial charge in [0.05, 0.1) is 36.2 Å². The van der Waals surface area contributed by atoms with Crippen molar-refractivity contribution in [1.82, 2.24) is 0 Å². The maximum atomic E-state index is 4.69. The van der Waals surface area contributed by atoms with Crippen LogP contribution in [0.2, 0.25) is 0 Å². The Bertz CT molecular complexity index is 574. The SMILES string of the molecule is C(=NC1CCCCC1)=NC1CCC(CC2CCC(N=C=NC3CCCCC3)CC2)CC1. The molecule has 172 valence electrons. The van der Waals surface area contributed by atoms with Crippen LogP contribution in [0, 0.1) is 11.8 Å². The zero-order valence-corrected chi connectivity index (χ0v) is 19.7. The molecular weight excluding hydrogens is 380 g/mol. The average Bonchev–Trinajstić information content (AvgIpc) is 2.83. The molecule has 0 unspecified atom stereocenters. The Labute approximate surface area is 190 Å². The van der Waals surface area contributed by atoms with E-state index in [0.717, 1.165) is 11.8 Å². The van der Waals surface area contributed by atoms with Gasteiger partial charge in [0.1, 0.15) is 0 Å². The molecule has 0 radical (unpaired) electrons. The first-order valence-electron chi connectivity index (χ1n) is 13.6. The van der Waals surface area contributed by atoms with Crippen molar-refractivity contribution >= 4 is 12.0 Å². The molecular formula is C27H44N4. The molecule has 4 aliphatic carbocycles. The van der Waals surface area contributed by atoms with E-state index in [2.05, 4.69) is 32.0 Å². The Balaban J connectivity index is 1.11. The molecule has 4 nitrogen and oxygen atoms in total. The Kier molecular flexibility index (Phi) is 9.40. The molecule has 4 saturated carbocycles. The van der Waals surface area contributed by atoms with Crippen LogP contribution in [0.3, 0.4) is 0 Å². The van der Waals surface area contributed by atoms with Crippen molar-refractivity contribution in [2.24, 2.45) is 31.8 Å². The van der Waals surface area contributed by atoms with E-state index in [-0.39, 0.29) is 0 Å². The predicted molar refractivity (Wildman–Crippen MR) is 130 cm³/mol. The first-order chi connectivity index (χ1) is 15.3. The molecule has 0 bridgehead atoms. The topological polar surface area (TPSA) is 49.4 Å². The summed E-state index contributed by atoms with van der Waals surface area (Å²) >= 11 is 0. The first kappa shape index (κ1) is 22.9. The van der Waals surface area contributed by atoms with Gasteiger partial charge in [-0.1, -0.05) is 38.5 Å². The Morgan fingerprint density at radius 3 is 1.06 bits per heavy atom. The second kappa shape index (κ2) is 12.7. The number of rotatable bonds is 6. The van der Waals surface area contributed by atoms with E-state index in [1.54, 1.807) is 0 Å². The summed E-state index contributed by atoms with van der Waals surface area (Å²) in [6.45, 7) is 0. The van der Waals surface area contributed by atoms with Crippen molar-refractivity contribution in [2.45, 2.75) is 146 Å². The second-order valence-corrected chi connectivity index (χ2v) is 10.9. The largest absolute Gasteiger partial charge is 0.222 e. The average molecular weight is 425 g/mol. The van der Waals surface area contributed by atoms with Gasteiger partial charge in [-0.2, -0.15) is 0 Å². The van der Waals surface area contributed by atoms with Crippen molar-refractivity contribution in [2.75, 3.05) is 0 Å². The number of hydrogen-bond acceptors (Lipinski definition) is 4. The molecule has 4 fully saturated rings. The van der Waals surface area contributed by atoms with Crippen molar-refractivity contribution in [3.63, 3.8) is 0 Å². The van der Waals surface area contributed by atoms with Crippen molar-refractivity contribution in [3.05, 3.63) is 0 Å². The fourth-order valence-corrected chi connectivity index (χ4v) is 6.30. The van der Waals surface area contributed by atoms with Crippen LogP contribution in [0.25, 0.3) is 0 Å². The molecule has 0 amide bonds. The molecule has 0 aliphatic heterocycles. The highest BCUT2D eigenvalue weighted by Crippen LogP contribution is 2.36. The van der Waals surface area contributed by atoms with Gasteiger partial charge in [0.2, 0.25) is 0 Å². The lowest BCUT2D eigenvalue weighted by Crippen LogP contribution is -2.23. The van der Waals surface area contributed by atoms with Crippen LogP contribution in [0.5, 0.6) is 0 Å². The minimum absolute atomic E-state index is 0.483. The molecule has 0 spiro atoms. The molecule has 0 aromatic carbocycles. The monoisotopic (exact) mass is 424 g/mol. The van der Waals surface area contributed by atoms with Gasteiger partial charge >= 0.3 is 0 Å². The van der Waals surface area contributed by atoms with Crippen molar-refractivity contribution in [3.8, 4) is 0 Å². The predicted octanol–water partition coefficient (Wildman–Crippen LogP) is 7.51. The minimum atomic E-state index is 0.483. The minimum Gasteiger partial charge on any atom is -0.222 e. The molecule has 0 saturated heterocycles. The Morgan fingerprint density at radius 1 is 0.387 bits per heavy atom. The quantitative estimate of drug-likeness (QED) is 0.396. The molecule has 4 aliphatic rings. The van der Waals surface area contributed by atoms with Gasteiger partial charge in [0.15, 0.2) is 0 Å². The third kappa shape index (κ3) is 7.99. The van der Waals surface area contributed by atoms with Crippen LogP contribution >= 0.6 is 0 Å². The molecule has 0 aromatic rings. The van der Waals surface area contributed by atoms with Crippen LogP contribution in [0.4, 0.5) is 0 Å². The van der Waals surface area contributed by atoms with Crippen LogP contribution < -0.4 is 0 Å². The van der Waals surface area contributed by atoms with E-state index in [4.69, 9.17) is 0 Å². The number of aliphatic imine (C=N–C) groups is 4. The maximum absolute atomic E-state index is 4.69. The lowest BCUT2D eigenvalue weighted by Gasteiger charge is -2.32. The van der Waals surface area contributed by atoms with Gasteiger partial charge < -0.3 is 0 Å². The van der Waals surface area contributed by atoms with Gasteiger partial charge in [-0.05, 0) is 95.3 Å². The fourth-order valence-electron chi connectivity index (χ4n) is 6.30. The molecule has 0 N–H and O–H groups in total. The van der Waals surface area contributed by atoms with Gasteiger partial charge in [0.25, 0.3) is 0 Å². The van der Waals surface area contributed by atoms with Gasteiger partial charge in [-0.3, -0.25) is 0 Å². The van der Waals surface area contributed by atoms with E-state index in [9.17, 15) is 0 Å². The van der Waals surface area contributed by atoms with Crippen LogP contribution in [0.1, 0.15) is 122 Å². The van der Waals surface area contributed by atoms with E-state index in [1.807, 2.05) is 0 Å². The van der Waals surface area contributed by atoms with Gasteiger partial charge in [-0.25, -0.2) is 20.0 Å². The first-order valence-corrected chi connectivity index (χ1v) is 13.6. The Morgan fingerprint density at radius 2 is 0.710 bits per heavy atom. The molecule has 4 heteroatoms. The molecule has 4 rings (SSSR count).